The van der Waals surface area contributed by atoms with Gasteiger partial charge in [-0.05, 0) is 18.6 Å². The fourth-order valence-electron chi connectivity index (χ4n) is 1.65. The molecule has 0 radical (unpaired) electrons. The van der Waals surface area contributed by atoms with Crippen LogP contribution in [0.4, 0.5) is 0 Å². The molecule has 0 spiro atoms. The molecule has 0 fully saturated rings. The van der Waals surface area contributed by atoms with Gasteiger partial charge in [0.05, 0.1) is 17.7 Å². The summed E-state index contributed by atoms with van der Waals surface area (Å²) in [7, 11) is 0. The van der Waals surface area contributed by atoms with Crippen molar-refractivity contribution in [1.82, 2.24) is 9.97 Å². The average molecular weight is 324 g/mol. The highest BCUT2D eigenvalue weighted by Crippen LogP contribution is 2.30. The van der Waals surface area contributed by atoms with Crippen molar-refractivity contribution in [3.63, 3.8) is 0 Å². The van der Waals surface area contributed by atoms with Crippen molar-refractivity contribution in [2.75, 3.05) is 0 Å². The molecule has 0 aliphatic rings. The lowest BCUT2D eigenvalue weighted by Crippen LogP contribution is -2.01. The summed E-state index contributed by atoms with van der Waals surface area (Å²) in [5.74, 6) is -1.46. The van der Waals surface area contributed by atoms with Gasteiger partial charge in [0, 0.05) is 23.0 Å². The molecular weight excluding hydrogens is 312 g/mol. The van der Waals surface area contributed by atoms with E-state index in [1.165, 1.54) is 41.6 Å². The Labute approximate surface area is 128 Å². The summed E-state index contributed by atoms with van der Waals surface area (Å²) in [5.41, 5.74) is 1.54. The molecule has 0 aromatic carbocycles. The van der Waals surface area contributed by atoms with Crippen LogP contribution in [0, 0.1) is 6.92 Å². The number of nitrogens with zero attached hydrogens (tertiary/aromatic N) is 2. The van der Waals surface area contributed by atoms with Gasteiger partial charge < -0.3 is 10.2 Å². The van der Waals surface area contributed by atoms with Gasteiger partial charge in [-0.25, -0.2) is 9.78 Å². The molecule has 2 aromatic heterocycles. The van der Waals surface area contributed by atoms with Crippen molar-refractivity contribution >= 4 is 35.0 Å². The second-order valence-electron chi connectivity index (χ2n) is 4.19. The third-order valence-corrected chi connectivity index (χ3v) is 5.02. The largest absolute Gasteiger partial charge is 0.481 e. The number of carboxylic acids is 2. The Morgan fingerprint density at radius 3 is 2.81 bits per heavy atom. The first-order chi connectivity index (χ1) is 9.97. The first-order valence-electron chi connectivity index (χ1n) is 5.94. The summed E-state index contributed by atoms with van der Waals surface area (Å²) in [5, 5.41) is 17.9. The van der Waals surface area contributed by atoms with Crippen LogP contribution < -0.4 is 0 Å². The minimum atomic E-state index is -0.991. The second kappa shape index (κ2) is 6.68. The Morgan fingerprint density at radius 1 is 1.38 bits per heavy atom. The molecule has 8 heteroatoms. The molecule has 6 nitrogen and oxygen atoms in total. The van der Waals surface area contributed by atoms with Gasteiger partial charge in [0.2, 0.25) is 0 Å². The van der Waals surface area contributed by atoms with Gasteiger partial charge in [-0.3, -0.25) is 9.78 Å². The number of pyridine rings is 1. The average Bonchev–Trinajstić information content (AvgIpc) is 2.76. The maximum atomic E-state index is 11.1. The Morgan fingerprint density at radius 2 is 2.14 bits per heavy atom. The summed E-state index contributed by atoms with van der Waals surface area (Å²) in [6, 6.07) is 1.46. The van der Waals surface area contributed by atoms with Gasteiger partial charge in [-0.1, -0.05) is 11.8 Å². The second-order valence-corrected chi connectivity index (χ2v) is 6.49. The maximum absolute atomic E-state index is 11.1. The number of thiazole rings is 1. The number of hydrogen-bond donors (Lipinski definition) is 2. The molecule has 0 saturated carbocycles. The SMILES string of the molecule is Cc1nc(SCc2cnccc2C(=O)O)sc1CC(=O)O. The highest BCUT2D eigenvalue weighted by Gasteiger charge is 2.14. The monoisotopic (exact) mass is 324 g/mol. The first-order valence-corrected chi connectivity index (χ1v) is 7.74. The summed E-state index contributed by atoms with van der Waals surface area (Å²) < 4.78 is 0.726. The molecule has 0 aliphatic heterocycles. The van der Waals surface area contributed by atoms with Crippen LogP contribution in [0.2, 0.25) is 0 Å². The number of carboxylic acid groups (broad SMARTS) is 2. The van der Waals surface area contributed by atoms with Gasteiger partial charge in [0.25, 0.3) is 0 Å². The quantitative estimate of drug-likeness (QED) is 0.787. The van der Waals surface area contributed by atoms with Crippen LogP contribution in [0.15, 0.2) is 22.8 Å². The van der Waals surface area contributed by atoms with Gasteiger partial charge in [-0.2, -0.15) is 0 Å². The number of aromatic nitrogens is 2. The Balaban J connectivity index is 2.10. The van der Waals surface area contributed by atoms with E-state index in [-0.39, 0.29) is 12.0 Å². The lowest BCUT2D eigenvalue weighted by molar-refractivity contribution is -0.136. The molecule has 0 saturated heterocycles. The van der Waals surface area contributed by atoms with E-state index >= 15 is 0 Å². The minimum absolute atomic E-state index is 0.0443. The number of hydrogen-bond acceptors (Lipinski definition) is 6. The molecule has 0 aliphatic carbocycles. The molecule has 2 aromatic rings. The van der Waals surface area contributed by atoms with Crippen LogP contribution in [-0.4, -0.2) is 32.1 Å². The molecule has 2 heterocycles. The number of aliphatic carboxylic acids is 1. The van der Waals surface area contributed by atoms with E-state index in [2.05, 4.69) is 9.97 Å². The molecule has 0 bridgehead atoms. The topological polar surface area (TPSA) is 100 Å². The highest BCUT2D eigenvalue weighted by atomic mass is 32.2. The fourth-order valence-corrected chi connectivity index (χ4v) is 3.86. The molecule has 0 unspecified atom stereocenters. The summed E-state index contributed by atoms with van der Waals surface area (Å²) >= 11 is 2.70. The standard InChI is InChI=1S/C13H12N2O4S2/c1-7-10(4-11(16)17)21-13(15-7)20-6-8-5-14-3-2-9(8)12(18)19/h2-3,5H,4,6H2,1H3,(H,16,17)(H,18,19). The molecule has 110 valence electrons. The van der Waals surface area contributed by atoms with Crippen LogP contribution >= 0.6 is 23.1 Å². The molecule has 21 heavy (non-hydrogen) atoms. The molecule has 2 N–H and O–H groups in total. The number of aromatic carboxylic acids is 1. The lowest BCUT2D eigenvalue weighted by Gasteiger charge is -2.03. The maximum Gasteiger partial charge on any atom is 0.336 e. The minimum Gasteiger partial charge on any atom is -0.481 e. The highest BCUT2D eigenvalue weighted by molar-refractivity contribution is 8.00. The van der Waals surface area contributed by atoms with Crippen LogP contribution in [0.5, 0.6) is 0 Å². The predicted octanol–water partition coefficient (Wildman–Crippen LogP) is 2.46. The van der Waals surface area contributed by atoms with E-state index in [1.807, 2.05) is 0 Å². The first kappa shape index (κ1) is 15.5. The molecular formula is C13H12N2O4S2. The zero-order valence-electron chi connectivity index (χ0n) is 11.1. The van der Waals surface area contributed by atoms with Crippen LogP contribution in [-0.2, 0) is 17.0 Å². The Bertz CT molecular complexity index is 685. The Kier molecular flexibility index (Phi) is 4.92. The summed E-state index contributed by atoms with van der Waals surface area (Å²) in [6.07, 6.45) is 2.92. The van der Waals surface area contributed by atoms with Crippen molar-refractivity contribution in [3.05, 3.63) is 40.2 Å². The van der Waals surface area contributed by atoms with Gasteiger partial charge in [0.15, 0.2) is 4.34 Å². The van der Waals surface area contributed by atoms with E-state index in [0.717, 1.165) is 9.22 Å². The predicted molar refractivity (Wildman–Crippen MR) is 78.9 cm³/mol. The fraction of sp³-hybridized carbons (Fsp3) is 0.231. The third-order valence-electron chi connectivity index (χ3n) is 2.67. The van der Waals surface area contributed by atoms with E-state index in [4.69, 9.17) is 10.2 Å². The van der Waals surface area contributed by atoms with Gasteiger partial charge in [-0.15, -0.1) is 11.3 Å². The van der Waals surface area contributed by atoms with E-state index in [9.17, 15) is 9.59 Å². The Hall–Kier alpha value is -1.93. The zero-order valence-corrected chi connectivity index (χ0v) is 12.7. The van der Waals surface area contributed by atoms with Crippen molar-refractivity contribution in [3.8, 4) is 0 Å². The van der Waals surface area contributed by atoms with Crippen molar-refractivity contribution in [2.45, 2.75) is 23.4 Å². The molecule has 2 rings (SSSR count). The summed E-state index contributed by atoms with van der Waals surface area (Å²) in [6.45, 7) is 1.77. The van der Waals surface area contributed by atoms with Crippen LogP contribution in [0.3, 0.4) is 0 Å². The lowest BCUT2D eigenvalue weighted by atomic mass is 10.2. The van der Waals surface area contributed by atoms with Crippen LogP contribution in [0.1, 0.15) is 26.5 Å². The number of aryl methyl sites for hydroxylation is 1. The normalized spacial score (nSPS) is 10.5. The molecule has 0 amide bonds. The smallest absolute Gasteiger partial charge is 0.336 e. The number of carbonyl (C=O) groups is 2. The van der Waals surface area contributed by atoms with Crippen molar-refractivity contribution in [1.29, 1.82) is 0 Å². The van der Waals surface area contributed by atoms with Crippen molar-refractivity contribution in [2.24, 2.45) is 0 Å². The van der Waals surface area contributed by atoms with E-state index in [0.29, 0.717) is 17.0 Å². The van der Waals surface area contributed by atoms with Gasteiger partial charge in [0.1, 0.15) is 0 Å². The number of rotatable bonds is 6. The van der Waals surface area contributed by atoms with Crippen molar-refractivity contribution < 1.29 is 19.8 Å². The van der Waals surface area contributed by atoms with E-state index in [1.54, 1.807) is 6.92 Å². The molecule has 0 atom stereocenters. The summed E-state index contributed by atoms with van der Waals surface area (Å²) in [4.78, 5) is 30.8. The zero-order chi connectivity index (χ0) is 15.4. The third kappa shape index (κ3) is 4.02. The number of thioether (sulfide) groups is 1. The van der Waals surface area contributed by atoms with Gasteiger partial charge >= 0.3 is 11.9 Å². The van der Waals surface area contributed by atoms with E-state index < -0.39 is 11.9 Å². The van der Waals surface area contributed by atoms with Crippen LogP contribution in [0.25, 0.3) is 0 Å².